The van der Waals surface area contributed by atoms with Gasteiger partial charge in [-0.15, -0.1) is 0 Å². The standard InChI is InChI=1S/C11H16N2O.H2S/c12-11(8-13-6-10(14)7-13)9-4-2-1-3-5-9;/h1-5,10-11,14H,6-8,12H2;1H2/t11-;/m1./s1. The highest BCUT2D eigenvalue weighted by atomic mass is 32.1. The Labute approximate surface area is 97.3 Å². The number of rotatable bonds is 3. The maximum Gasteiger partial charge on any atom is 0.0793 e. The predicted molar refractivity (Wildman–Crippen MR) is 66.2 cm³/mol. The molecule has 0 amide bonds. The number of aliphatic hydroxyl groups excluding tert-OH is 1. The number of nitrogens with zero attached hydrogens (tertiary/aromatic N) is 1. The van der Waals surface area contributed by atoms with E-state index < -0.39 is 0 Å². The topological polar surface area (TPSA) is 49.5 Å². The van der Waals surface area contributed by atoms with Crippen molar-refractivity contribution in [3.05, 3.63) is 35.9 Å². The number of nitrogens with two attached hydrogens (primary N) is 1. The lowest BCUT2D eigenvalue weighted by Gasteiger charge is -2.37. The van der Waals surface area contributed by atoms with Gasteiger partial charge < -0.3 is 10.8 Å². The Bertz CT molecular complexity index is 288. The number of β-amino-alcohol motifs (C(OH)–C–C–N with tert-alkyl or cyclic N) is 1. The van der Waals surface area contributed by atoms with Crippen molar-refractivity contribution in [1.29, 1.82) is 0 Å². The minimum absolute atomic E-state index is 0. The molecule has 1 fully saturated rings. The van der Waals surface area contributed by atoms with Crippen LogP contribution in [0.25, 0.3) is 0 Å². The lowest BCUT2D eigenvalue weighted by molar-refractivity contribution is -0.000912. The van der Waals surface area contributed by atoms with Crippen LogP contribution in [0.3, 0.4) is 0 Å². The fourth-order valence-electron chi connectivity index (χ4n) is 1.78. The second kappa shape index (κ2) is 5.51. The summed E-state index contributed by atoms with van der Waals surface area (Å²) in [5, 5.41) is 9.12. The molecule has 0 spiro atoms. The van der Waals surface area contributed by atoms with Crippen molar-refractivity contribution in [1.82, 2.24) is 4.90 Å². The lowest BCUT2D eigenvalue weighted by Crippen LogP contribution is -2.52. The van der Waals surface area contributed by atoms with E-state index in [1.165, 1.54) is 0 Å². The summed E-state index contributed by atoms with van der Waals surface area (Å²) in [7, 11) is 0. The Hall–Kier alpha value is -0.550. The molecular formula is C11H18N2OS. The number of benzene rings is 1. The van der Waals surface area contributed by atoms with Gasteiger partial charge in [-0.05, 0) is 5.56 Å². The molecule has 0 aromatic heterocycles. The molecule has 2 rings (SSSR count). The normalized spacial score (nSPS) is 19.1. The smallest absolute Gasteiger partial charge is 0.0793 e. The molecular weight excluding hydrogens is 208 g/mol. The second-order valence-corrected chi connectivity index (χ2v) is 3.89. The van der Waals surface area contributed by atoms with E-state index in [2.05, 4.69) is 4.90 Å². The van der Waals surface area contributed by atoms with E-state index in [0.29, 0.717) is 0 Å². The molecule has 1 heterocycles. The van der Waals surface area contributed by atoms with Crippen molar-refractivity contribution in [2.45, 2.75) is 12.1 Å². The summed E-state index contributed by atoms with van der Waals surface area (Å²) in [6, 6.07) is 10.1. The summed E-state index contributed by atoms with van der Waals surface area (Å²) in [5.41, 5.74) is 7.19. The van der Waals surface area contributed by atoms with E-state index in [0.717, 1.165) is 25.2 Å². The SMILES string of the molecule is N[C@H](CN1CC(O)C1)c1ccccc1.S. The van der Waals surface area contributed by atoms with Crippen molar-refractivity contribution in [3.63, 3.8) is 0 Å². The Morgan fingerprint density at radius 1 is 1.33 bits per heavy atom. The van der Waals surface area contributed by atoms with Gasteiger partial charge in [0.05, 0.1) is 6.10 Å². The minimum Gasteiger partial charge on any atom is -0.390 e. The Morgan fingerprint density at radius 3 is 2.47 bits per heavy atom. The molecule has 84 valence electrons. The largest absolute Gasteiger partial charge is 0.390 e. The van der Waals surface area contributed by atoms with Crippen LogP contribution in [0.5, 0.6) is 0 Å². The Kier molecular flexibility index (Phi) is 4.60. The summed E-state index contributed by atoms with van der Waals surface area (Å²) in [6.45, 7) is 2.36. The fraction of sp³-hybridized carbons (Fsp3) is 0.455. The molecule has 1 aromatic rings. The molecule has 0 aliphatic carbocycles. The summed E-state index contributed by atoms with van der Waals surface area (Å²) >= 11 is 0. The third-order valence-electron chi connectivity index (χ3n) is 2.62. The van der Waals surface area contributed by atoms with Crippen LogP contribution < -0.4 is 5.73 Å². The molecule has 1 aromatic carbocycles. The van der Waals surface area contributed by atoms with Crippen LogP contribution >= 0.6 is 13.5 Å². The number of aliphatic hydroxyl groups is 1. The maximum absolute atomic E-state index is 9.12. The first-order chi connectivity index (χ1) is 6.75. The predicted octanol–water partition coefficient (Wildman–Crippen LogP) is 0.476. The highest BCUT2D eigenvalue weighted by Gasteiger charge is 2.25. The third kappa shape index (κ3) is 3.21. The van der Waals surface area contributed by atoms with Gasteiger partial charge >= 0.3 is 0 Å². The van der Waals surface area contributed by atoms with E-state index in [4.69, 9.17) is 10.8 Å². The van der Waals surface area contributed by atoms with E-state index >= 15 is 0 Å². The summed E-state index contributed by atoms with van der Waals surface area (Å²) in [4.78, 5) is 2.17. The van der Waals surface area contributed by atoms with Gasteiger partial charge in [0.2, 0.25) is 0 Å². The molecule has 1 saturated heterocycles. The van der Waals surface area contributed by atoms with Gasteiger partial charge in [-0.3, -0.25) is 4.90 Å². The molecule has 0 unspecified atom stereocenters. The van der Waals surface area contributed by atoms with Gasteiger partial charge in [-0.2, -0.15) is 13.5 Å². The van der Waals surface area contributed by atoms with Crippen molar-refractivity contribution >= 4 is 13.5 Å². The molecule has 4 heteroatoms. The highest BCUT2D eigenvalue weighted by Crippen LogP contribution is 2.15. The molecule has 0 radical (unpaired) electrons. The molecule has 1 atom stereocenters. The van der Waals surface area contributed by atoms with Crippen LogP contribution in [0.4, 0.5) is 0 Å². The number of likely N-dealkylation sites (tertiary alicyclic amines) is 1. The zero-order valence-electron chi connectivity index (χ0n) is 8.63. The van der Waals surface area contributed by atoms with Crippen LogP contribution in [0.1, 0.15) is 11.6 Å². The molecule has 3 nitrogen and oxygen atoms in total. The Morgan fingerprint density at radius 2 is 1.93 bits per heavy atom. The van der Waals surface area contributed by atoms with Gasteiger partial charge in [0, 0.05) is 25.7 Å². The van der Waals surface area contributed by atoms with Gasteiger partial charge in [0.1, 0.15) is 0 Å². The van der Waals surface area contributed by atoms with Crippen LogP contribution in [0.2, 0.25) is 0 Å². The number of hydrogen-bond acceptors (Lipinski definition) is 3. The highest BCUT2D eigenvalue weighted by molar-refractivity contribution is 7.59. The molecule has 3 N–H and O–H groups in total. The average Bonchev–Trinajstić information content (AvgIpc) is 2.17. The monoisotopic (exact) mass is 226 g/mol. The summed E-state index contributed by atoms with van der Waals surface area (Å²) < 4.78 is 0. The van der Waals surface area contributed by atoms with Gasteiger partial charge in [0.25, 0.3) is 0 Å². The zero-order chi connectivity index (χ0) is 9.97. The summed E-state index contributed by atoms with van der Waals surface area (Å²) in [6.07, 6.45) is -0.141. The summed E-state index contributed by atoms with van der Waals surface area (Å²) in [5.74, 6) is 0. The van der Waals surface area contributed by atoms with E-state index in [1.54, 1.807) is 0 Å². The van der Waals surface area contributed by atoms with Gasteiger partial charge in [-0.25, -0.2) is 0 Å². The quantitative estimate of drug-likeness (QED) is 0.788. The van der Waals surface area contributed by atoms with Crippen LogP contribution in [0, 0.1) is 0 Å². The molecule has 15 heavy (non-hydrogen) atoms. The Balaban J connectivity index is 0.00000112. The van der Waals surface area contributed by atoms with Crippen molar-refractivity contribution in [3.8, 4) is 0 Å². The fourth-order valence-corrected chi connectivity index (χ4v) is 1.78. The van der Waals surface area contributed by atoms with Crippen molar-refractivity contribution in [2.24, 2.45) is 5.73 Å². The van der Waals surface area contributed by atoms with Crippen molar-refractivity contribution < 1.29 is 5.11 Å². The molecule has 0 bridgehead atoms. The lowest BCUT2D eigenvalue weighted by atomic mass is 10.0. The molecule has 1 aliphatic rings. The third-order valence-corrected chi connectivity index (χ3v) is 2.62. The van der Waals surface area contributed by atoms with Crippen LogP contribution in [0.15, 0.2) is 30.3 Å². The number of hydrogen-bond donors (Lipinski definition) is 2. The van der Waals surface area contributed by atoms with E-state index in [1.807, 2.05) is 30.3 Å². The second-order valence-electron chi connectivity index (χ2n) is 3.89. The van der Waals surface area contributed by atoms with Crippen molar-refractivity contribution in [2.75, 3.05) is 19.6 Å². The molecule has 0 saturated carbocycles. The first-order valence-corrected chi connectivity index (χ1v) is 4.96. The van der Waals surface area contributed by atoms with E-state index in [-0.39, 0.29) is 25.6 Å². The maximum atomic E-state index is 9.12. The minimum atomic E-state index is -0.141. The molecule has 1 aliphatic heterocycles. The van der Waals surface area contributed by atoms with Gasteiger partial charge in [-0.1, -0.05) is 30.3 Å². The zero-order valence-corrected chi connectivity index (χ0v) is 9.63. The van der Waals surface area contributed by atoms with Crippen LogP contribution in [-0.4, -0.2) is 35.7 Å². The van der Waals surface area contributed by atoms with Crippen LogP contribution in [-0.2, 0) is 0 Å². The average molecular weight is 226 g/mol. The first kappa shape index (κ1) is 12.5. The first-order valence-electron chi connectivity index (χ1n) is 4.96. The van der Waals surface area contributed by atoms with Gasteiger partial charge in [0.15, 0.2) is 0 Å². The van der Waals surface area contributed by atoms with E-state index in [9.17, 15) is 0 Å².